The molecule has 2 N–H and O–H groups in total. The minimum atomic E-state index is -0.331. The third-order valence-electron chi connectivity index (χ3n) is 3.34. The topological polar surface area (TPSA) is 77.8 Å². The molecule has 20 heavy (non-hydrogen) atoms. The number of nitrogens with two attached hydrogens (primary N) is 1. The number of fused-ring (bicyclic) bond motifs is 1. The molecular weight excluding hydrogens is 252 g/mol. The zero-order chi connectivity index (χ0) is 14.2. The van der Waals surface area contributed by atoms with Crippen LogP contribution >= 0.6 is 0 Å². The summed E-state index contributed by atoms with van der Waals surface area (Å²) in [4.78, 5) is 8.96. The lowest BCUT2D eigenvalue weighted by atomic mass is 9.94. The summed E-state index contributed by atoms with van der Waals surface area (Å²) < 4.78 is 5.31. The molecule has 0 saturated carbocycles. The standard InChI is InChI=1S/C15H16N4O/c1-15(2,9-16)14-18-13(19-20-14)12-8-7-10-5-3-4-6-11(10)17-12/h3-8H,9,16H2,1-2H3. The van der Waals surface area contributed by atoms with E-state index in [1.165, 1.54) is 0 Å². The number of hydrogen-bond donors (Lipinski definition) is 1. The number of hydrogen-bond acceptors (Lipinski definition) is 5. The van der Waals surface area contributed by atoms with Crippen LogP contribution in [0.3, 0.4) is 0 Å². The maximum atomic E-state index is 5.72. The van der Waals surface area contributed by atoms with Gasteiger partial charge in [0, 0.05) is 11.9 Å². The van der Waals surface area contributed by atoms with Crippen LogP contribution in [0.25, 0.3) is 22.4 Å². The highest BCUT2D eigenvalue weighted by atomic mass is 16.5. The number of pyridine rings is 1. The van der Waals surface area contributed by atoms with E-state index in [2.05, 4.69) is 15.1 Å². The molecule has 1 aromatic carbocycles. The van der Waals surface area contributed by atoms with Crippen molar-refractivity contribution in [3.63, 3.8) is 0 Å². The first-order valence-corrected chi connectivity index (χ1v) is 6.50. The second-order valence-corrected chi connectivity index (χ2v) is 5.40. The van der Waals surface area contributed by atoms with Gasteiger partial charge in [-0.1, -0.05) is 29.4 Å². The van der Waals surface area contributed by atoms with Gasteiger partial charge in [0.05, 0.1) is 10.9 Å². The molecule has 0 bridgehead atoms. The van der Waals surface area contributed by atoms with Gasteiger partial charge in [-0.05, 0) is 26.0 Å². The Balaban J connectivity index is 2.03. The summed E-state index contributed by atoms with van der Waals surface area (Å²) in [6.45, 7) is 4.38. The average molecular weight is 268 g/mol. The molecule has 0 aliphatic rings. The van der Waals surface area contributed by atoms with E-state index in [0.29, 0.717) is 24.0 Å². The van der Waals surface area contributed by atoms with Crippen molar-refractivity contribution in [3.8, 4) is 11.5 Å². The average Bonchev–Trinajstić information content (AvgIpc) is 2.97. The van der Waals surface area contributed by atoms with Crippen molar-refractivity contribution in [1.82, 2.24) is 15.1 Å². The molecular formula is C15H16N4O. The van der Waals surface area contributed by atoms with Crippen molar-refractivity contribution in [3.05, 3.63) is 42.3 Å². The van der Waals surface area contributed by atoms with Crippen molar-refractivity contribution in [2.75, 3.05) is 6.54 Å². The minimum Gasteiger partial charge on any atom is -0.338 e. The van der Waals surface area contributed by atoms with Gasteiger partial charge in [-0.15, -0.1) is 0 Å². The Morgan fingerprint density at radius 3 is 2.70 bits per heavy atom. The minimum absolute atomic E-state index is 0.331. The van der Waals surface area contributed by atoms with Crippen molar-refractivity contribution >= 4 is 10.9 Å². The van der Waals surface area contributed by atoms with Crippen LogP contribution in [0.1, 0.15) is 19.7 Å². The zero-order valence-corrected chi connectivity index (χ0v) is 11.5. The largest absolute Gasteiger partial charge is 0.338 e. The van der Waals surface area contributed by atoms with Gasteiger partial charge < -0.3 is 10.3 Å². The van der Waals surface area contributed by atoms with Crippen molar-refractivity contribution in [1.29, 1.82) is 0 Å². The number of aromatic nitrogens is 3. The molecule has 0 unspecified atom stereocenters. The highest BCUT2D eigenvalue weighted by Crippen LogP contribution is 2.23. The summed E-state index contributed by atoms with van der Waals surface area (Å²) in [6.07, 6.45) is 0. The Hall–Kier alpha value is -2.27. The van der Waals surface area contributed by atoms with Gasteiger partial charge in [0.2, 0.25) is 11.7 Å². The lowest BCUT2D eigenvalue weighted by Crippen LogP contribution is -2.28. The third-order valence-corrected chi connectivity index (χ3v) is 3.34. The van der Waals surface area contributed by atoms with Crippen LogP contribution in [0.4, 0.5) is 0 Å². The molecule has 0 amide bonds. The van der Waals surface area contributed by atoms with Crippen LogP contribution in [0.15, 0.2) is 40.9 Å². The van der Waals surface area contributed by atoms with Crippen LogP contribution in [0, 0.1) is 0 Å². The van der Waals surface area contributed by atoms with Gasteiger partial charge in [-0.2, -0.15) is 4.98 Å². The fourth-order valence-corrected chi connectivity index (χ4v) is 1.88. The van der Waals surface area contributed by atoms with Crippen molar-refractivity contribution in [2.24, 2.45) is 5.73 Å². The molecule has 5 heteroatoms. The summed E-state index contributed by atoms with van der Waals surface area (Å²) in [5.41, 5.74) is 7.00. The molecule has 0 spiro atoms. The van der Waals surface area contributed by atoms with Crippen molar-refractivity contribution in [2.45, 2.75) is 19.3 Å². The number of rotatable bonds is 3. The van der Waals surface area contributed by atoms with Gasteiger partial charge in [-0.3, -0.25) is 0 Å². The molecule has 0 saturated heterocycles. The number of nitrogens with zero attached hydrogens (tertiary/aromatic N) is 3. The van der Waals surface area contributed by atoms with E-state index in [0.717, 1.165) is 10.9 Å². The molecule has 3 aromatic rings. The van der Waals surface area contributed by atoms with Gasteiger partial charge in [0.25, 0.3) is 0 Å². The smallest absolute Gasteiger partial charge is 0.233 e. The predicted octanol–water partition coefficient (Wildman–Crippen LogP) is 2.52. The summed E-state index contributed by atoms with van der Waals surface area (Å²) in [6, 6.07) is 11.8. The van der Waals surface area contributed by atoms with E-state index in [9.17, 15) is 0 Å². The highest BCUT2D eigenvalue weighted by molar-refractivity contribution is 5.80. The van der Waals surface area contributed by atoms with Crippen LogP contribution in [0.2, 0.25) is 0 Å². The van der Waals surface area contributed by atoms with Crippen LogP contribution in [-0.4, -0.2) is 21.7 Å². The second kappa shape index (κ2) is 4.68. The highest BCUT2D eigenvalue weighted by Gasteiger charge is 2.26. The van der Waals surface area contributed by atoms with Gasteiger partial charge in [0.1, 0.15) is 5.69 Å². The summed E-state index contributed by atoms with van der Waals surface area (Å²) in [5.74, 6) is 1.03. The Bertz CT molecular complexity index is 748. The molecule has 0 atom stereocenters. The van der Waals surface area contributed by atoms with Crippen LogP contribution in [-0.2, 0) is 5.41 Å². The molecule has 5 nitrogen and oxygen atoms in total. The first-order chi connectivity index (χ1) is 9.60. The van der Waals surface area contributed by atoms with E-state index in [1.807, 2.05) is 50.2 Å². The lowest BCUT2D eigenvalue weighted by molar-refractivity contribution is 0.311. The SMILES string of the molecule is CC(C)(CN)c1nc(-c2ccc3ccccc3n2)no1. The molecule has 2 heterocycles. The quantitative estimate of drug-likeness (QED) is 0.789. The Labute approximate surface area is 116 Å². The first-order valence-electron chi connectivity index (χ1n) is 6.50. The number of para-hydroxylation sites is 1. The first kappa shape index (κ1) is 12.7. The fraction of sp³-hybridized carbons (Fsp3) is 0.267. The number of benzene rings is 1. The summed E-state index contributed by atoms with van der Waals surface area (Å²) in [7, 11) is 0. The maximum Gasteiger partial charge on any atom is 0.233 e. The summed E-state index contributed by atoms with van der Waals surface area (Å²) in [5, 5.41) is 5.09. The normalized spacial score (nSPS) is 11.9. The molecule has 0 fully saturated rings. The van der Waals surface area contributed by atoms with Gasteiger partial charge >= 0.3 is 0 Å². The molecule has 0 aliphatic carbocycles. The van der Waals surface area contributed by atoms with Gasteiger partial charge in [0.15, 0.2) is 0 Å². The molecule has 2 aromatic heterocycles. The maximum absolute atomic E-state index is 5.72. The lowest BCUT2D eigenvalue weighted by Gasteiger charge is -2.15. The molecule has 0 aliphatic heterocycles. The Morgan fingerprint density at radius 2 is 1.90 bits per heavy atom. The van der Waals surface area contributed by atoms with E-state index >= 15 is 0 Å². The summed E-state index contributed by atoms with van der Waals surface area (Å²) >= 11 is 0. The second-order valence-electron chi connectivity index (χ2n) is 5.40. The van der Waals surface area contributed by atoms with Crippen LogP contribution in [0.5, 0.6) is 0 Å². The van der Waals surface area contributed by atoms with E-state index < -0.39 is 0 Å². The van der Waals surface area contributed by atoms with Crippen LogP contribution < -0.4 is 5.73 Å². The molecule has 102 valence electrons. The van der Waals surface area contributed by atoms with E-state index in [1.54, 1.807) is 0 Å². The predicted molar refractivity (Wildman–Crippen MR) is 77.1 cm³/mol. The Kier molecular flexibility index (Phi) is 2.99. The third kappa shape index (κ3) is 2.16. The fourth-order valence-electron chi connectivity index (χ4n) is 1.88. The molecule has 0 radical (unpaired) electrons. The van der Waals surface area contributed by atoms with E-state index in [-0.39, 0.29) is 5.41 Å². The monoisotopic (exact) mass is 268 g/mol. The van der Waals surface area contributed by atoms with E-state index in [4.69, 9.17) is 10.3 Å². The molecule has 3 rings (SSSR count). The zero-order valence-electron chi connectivity index (χ0n) is 11.5. The Morgan fingerprint density at radius 1 is 1.10 bits per heavy atom. The van der Waals surface area contributed by atoms with Gasteiger partial charge in [-0.25, -0.2) is 4.98 Å². The van der Waals surface area contributed by atoms with Crippen molar-refractivity contribution < 1.29 is 4.52 Å².